The van der Waals surface area contributed by atoms with E-state index in [1.54, 1.807) is 14.2 Å². The Morgan fingerprint density at radius 2 is 1.81 bits per heavy atom. The molecular formula is C17H20O4. The fourth-order valence-corrected chi connectivity index (χ4v) is 3.19. The zero-order valence-corrected chi connectivity index (χ0v) is 12.8. The van der Waals surface area contributed by atoms with E-state index in [9.17, 15) is 4.79 Å². The van der Waals surface area contributed by atoms with Gasteiger partial charge in [-0.2, -0.15) is 0 Å². The molecule has 0 spiro atoms. The molecule has 1 heterocycles. The van der Waals surface area contributed by atoms with E-state index in [0.717, 1.165) is 11.1 Å². The standard InChI is InChI=1S/C17H20O4/c1-10(2)13-9-17(19-3,20-4)21-16-12-8-6-5-7-11(12)15(18)14(13)16/h5-8,10,13H,9H2,1-4H3. The molecule has 0 aromatic heterocycles. The van der Waals surface area contributed by atoms with Crippen molar-refractivity contribution in [3.8, 4) is 0 Å². The van der Waals surface area contributed by atoms with E-state index in [1.807, 2.05) is 24.3 Å². The number of benzene rings is 1. The molecule has 1 unspecified atom stereocenters. The third-order valence-corrected chi connectivity index (χ3v) is 4.43. The molecule has 0 radical (unpaired) electrons. The van der Waals surface area contributed by atoms with Gasteiger partial charge in [0.25, 0.3) is 0 Å². The molecule has 2 aliphatic rings. The van der Waals surface area contributed by atoms with Crippen molar-refractivity contribution in [1.29, 1.82) is 0 Å². The van der Waals surface area contributed by atoms with Gasteiger partial charge in [0, 0.05) is 43.3 Å². The maximum absolute atomic E-state index is 12.7. The molecule has 1 atom stereocenters. The van der Waals surface area contributed by atoms with E-state index in [0.29, 0.717) is 23.7 Å². The molecule has 4 heteroatoms. The molecule has 4 nitrogen and oxygen atoms in total. The van der Waals surface area contributed by atoms with Crippen molar-refractivity contribution in [1.82, 2.24) is 0 Å². The zero-order chi connectivity index (χ0) is 15.2. The lowest BCUT2D eigenvalue weighted by Gasteiger charge is -2.40. The number of rotatable bonds is 3. The number of Topliss-reactive ketones (excluding diaryl/α,β-unsaturated/α-hetero) is 1. The topological polar surface area (TPSA) is 44.8 Å². The van der Waals surface area contributed by atoms with Crippen LogP contribution in [0.25, 0.3) is 5.76 Å². The highest BCUT2D eigenvalue weighted by atomic mass is 16.9. The second kappa shape index (κ2) is 4.97. The highest BCUT2D eigenvalue weighted by molar-refractivity contribution is 6.20. The largest absolute Gasteiger partial charge is 0.438 e. The van der Waals surface area contributed by atoms with Crippen molar-refractivity contribution in [2.45, 2.75) is 26.2 Å². The van der Waals surface area contributed by atoms with Gasteiger partial charge in [0.1, 0.15) is 5.76 Å². The second-order valence-electron chi connectivity index (χ2n) is 5.87. The first-order chi connectivity index (χ1) is 10.0. The monoisotopic (exact) mass is 288 g/mol. The van der Waals surface area contributed by atoms with Crippen LogP contribution < -0.4 is 0 Å². The summed E-state index contributed by atoms with van der Waals surface area (Å²) in [4.78, 5) is 12.7. The van der Waals surface area contributed by atoms with E-state index in [1.165, 1.54) is 0 Å². The van der Waals surface area contributed by atoms with Crippen LogP contribution in [0.3, 0.4) is 0 Å². The smallest absolute Gasteiger partial charge is 0.327 e. The number of allylic oxidation sites excluding steroid dienone is 1. The predicted molar refractivity (Wildman–Crippen MR) is 78.5 cm³/mol. The Hall–Kier alpha value is -1.65. The van der Waals surface area contributed by atoms with Crippen molar-refractivity contribution in [2.75, 3.05) is 14.2 Å². The summed E-state index contributed by atoms with van der Waals surface area (Å²) in [7, 11) is 3.13. The van der Waals surface area contributed by atoms with Crippen molar-refractivity contribution >= 4 is 11.5 Å². The zero-order valence-electron chi connectivity index (χ0n) is 12.8. The summed E-state index contributed by atoms with van der Waals surface area (Å²) in [6.07, 6.45) is 0.510. The summed E-state index contributed by atoms with van der Waals surface area (Å²) in [6, 6.07) is 7.54. The maximum Gasteiger partial charge on any atom is 0.327 e. The van der Waals surface area contributed by atoms with Crippen LogP contribution in [0.5, 0.6) is 0 Å². The van der Waals surface area contributed by atoms with Gasteiger partial charge in [0.05, 0.1) is 0 Å². The summed E-state index contributed by atoms with van der Waals surface area (Å²) in [6.45, 7) is 4.21. The summed E-state index contributed by atoms with van der Waals surface area (Å²) >= 11 is 0. The first-order valence-electron chi connectivity index (χ1n) is 7.20. The van der Waals surface area contributed by atoms with E-state index in [-0.39, 0.29) is 11.7 Å². The molecule has 0 bridgehead atoms. The number of methoxy groups -OCH3 is 2. The second-order valence-corrected chi connectivity index (χ2v) is 5.87. The fraction of sp³-hybridized carbons (Fsp3) is 0.471. The van der Waals surface area contributed by atoms with Crippen LogP contribution in [-0.4, -0.2) is 26.0 Å². The third kappa shape index (κ3) is 2.01. The van der Waals surface area contributed by atoms with Gasteiger partial charge >= 0.3 is 5.97 Å². The Bertz CT molecular complexity index is 611. The van der Waals surface area contributed by atoms with Gasteiger partial charge in [-0.1, -0.05) is 38.1 Å². The minimum atomic E-state index is -1.12. The summed E-state index contributed by atoms with van der Waals surface area (Å²) in [5.41, 5.74) is 2.30. The van der Waals surface area contributed by atoms with Crippen LogP contribution in [0.4, 0.5) is 0 Å². The summed E-state index contributed by atoms with van der Waals surface area (Å²) in [5.74, 6) is -0.0920. The van der Waals surface area contributed by atoms with Gasteiger partial charge in [0.2, 0.25) is 0 Å². The van der Waals surface area contributed by atoms with Crippen LogP contribution >= 0.6 is 0 Å². The summed E-state index contributed by atoms with van der Waals surface area (Å²) in [5, 5.41) is 0. The van der Waals surface area contributed by atoms with Crippen LogP contribution in [0.1, 0.15) is 36.2 Å². The molecule has 0 amide bonds. The van der Waals surface area contributed by atoms with Gasteiger partial charge in [-0.05, 0) is 5.92 Å². The predicted octanol–water partition coefficient (Wildman–Crippen LogP) is 3.23. The van der Waals surface area contributed by atoms with Crippen molar-refractivity contribution in [3.63, 3.8) is 0 Å². The van der Waals surface area contributed by atoms with Crippen LogP contribution in [0.15, 0.2) is 29.8 Å². The highest BCUT2D eigenvalue weighted by Crippen LogP contribution is 2.49. The van der Waals surface area contributed by atoms with Crippen LogP contribution in [0.2, 0.25) is 0 Å². The Morgan fingerprint density at radius 3 is 2.38 bits per heavy atom. The van der Waals surface area contributed by atoms with Crippen molar-refractivity contribution in [2.24, 2.45) is 11.8 Å². The number of carbonyl (C=O) groups excluding carboxylic acids is 1. The lowest BCUT2D eigenvalue weighted by atomic mass is 9.81. The maximum atomic E-state index is 12.7. The van der Waals surface area contributed by atoms with E-state index in [2.05, 4.69) is 13.8 Å². The van der Waals surface area contributed by atoms with E-state index >= 15 is 0 Å². The van der Waals surface area contributed by atoms with Gasteiger partial charge in [-0.25, -0.2) is 0 Å². The minimum absolute atomic E-state index is 0.0496. The summed E-state index contributed by atoms with van der Waals surface area (Å²) < 4.78 is 16.9. The minimum Gasteiger partial charge on any atom is -0.438 e. The Labute approximate surface area is 124 Å². The quantitative estimate of drug-likeness (QED) is 0.801. The number of fused-ring (bicyclic) bond motifs is 2. The van der Waals surface area contributed by atoms with Crippen molar-refractivity contribution < 1.29 is 19.0 Å². The number of carbonyl (C=O) groups is 1. The molecule has 112 valence electrons. The van der Waals surface area contributed by atoms with Crippen molar-refractivity contribution in [3.05, 3.63) is 41.0 Å². The Kier molecular flexibility index (Phi) is 3.38. The third-order valence-electron chi connectivity index (χ3n) is 4.43. The normalized spacial score (nSPS) is 23.1. The van der Waals surface area contributed by atoms with E-state index < -0.39 is 5.97 Å². The molecule has 0 saturated carbocycles. The van der Waals surface area contributed by atoms with E-state index in [4.69, 9.17) is 14.2 Å². The van der Waals surface area contributed by atoms with Gasteiger partial charge in [-0.3, -0.25) is 4.79 Å². The average Bonchev–Trinajstić information content (AvgIpc) is 2.79. The molecule has 1 aromatic carbocycles. The number of ether oxygens (including phenoxy) is 3. The first kappa shape index (κ1) is 14.3. The number of ketones is 1. The average molecular weight is 288 g/mol. The fourth-order valence-electron chi connectivity index (χ4n) is 3.19. The van der Waals surface area contributed by atoms with Gasteiger partial charge in [0.15, 0.2) is 5.78 Å². The molecule has 1 aliphatic carbocycles. The lowest BCUT2D eigenvalue weighted by molar-refractivity contribution is -0.346. The Morgan fingerprint density at radius 1 is 1.19 bits per heavy atom. The highest BCUT2D eigenvalue weighted by Gasteiger charge is 2.49. The molecule has 0 fully saturated rings. The SMILES string of the molecule is COC1(OC)CC(C(C)C)C2=C(O1)c1ccccc1C2=O. The number of hydrogen-bond donors (Lipinski definition) is 0. The number of hydrogen-bond acceptors (Lipinski definition) is 4. The molecular weight excluding hydrogens is 268 g/mol. The molecule has 3 rings (SSSR count). The van der Waals surface area contributed by atoms with Crippen LogP contribution in [0, 0.1) is 11.8 Å². The van der Waals surface area contributed by atoms with Gasteiger partial charge < -0.3 is 14.2 Å². The molecule has 0 N–H and O–H groups in total. The lowest BCUT2D eigenvalue weighted by Crippen LogP contribution is -2.43. The molecule has 21 heavy (non-hydrogen) atoms. The Balaban J connectivity index is 2.16. The van der Waals surface area contributed by atoms with Crippen LogP contribution in [-0.2, 0) is 14.2 Å². The molecule has 1 aliphatic heterocycles. The molecule has 0 saturated heterocycles. The van der Waals surface area contributed by atoms with Gasteiger partial charge in [-0.15, -0.1) is 0 Å². The molecule has 1 aromatic rings. The first-order valence-corrected chi connectivity index (χ1v) is 7.20.